The maximum atomic E-state index is 11.5. The number of sulfonamides is 1. The quantitative estimate of drug-likeness (QED) is 0.746. The molecule has 0 radical (unpaired) electrons. The van der Waals surface area contributed by atoms with Crippen LogP contribution in [0.3, 0.4) is 0 Å². The van der Waals surface area contributed by atoms with Crippen LogP contribution in [0.25, 0.3) is 0 Å². The summed E-state index contributed by atoms with van der Waals surface area (Å²) in [7, 11) is -7.03. The summed E-state index contributed by atoms with van der Waals surface area (Å²) < 4.78 is 46.8. The van der Waals surface area contributed by atoms with E-state index in [0.717, 1.165) is 6.26 Å². The average Bonchev–Trinajstić information content (AvgIpc) is 2.18. The number of rotatable bonds is 5. The van der Waals surface area contributed by atoms with Crippen molar-refractivity contribution in [2.24, 2.45) is 0 Å². The van der Waals surface area contributed by atoms with Crippen molar-refractivity contribution in [1.29, 1.82) is 0 Å². The molecule has 0 aromatic carbocycles. The van der Waals surface area contributed by atoms with Crippen LogP contribution in [0.4, 0.5) is 11.5 Å². The molecule has 1 aromatic rings. The Hall–Kier alpha value is -1.35. The van der Waals surface area contributed by atoms with Crippen LogP contribution in [0.5, 0.6) is 0 Å². The first-order valence-electron chi connectivity index (χ1n) is 4.58. The molecular formula is C8H13N3O4S2. The highest BCUT2D eigenvalue weighted by Crippen LogP contribution is 2.08. The third-order valence-corrected chi connectivity index (χ3v) is 4.24. The van der Waals surface area contributed by atoms with E-state index in [4.69, 9.17) is 5.73 Å². The molecule has 0 saturated heterocycles. The normalized spacial score (nSPS) is 12.3. The molecule has 9 heteroatoms. The van der Waals surface area contributed by atoms with Crippen molar-refractivity contribution in [2.75, 3.05) is 28.2 Å². The van der Waals surface area contributed by atoms with E-state index in [0.29, 0.717) is 5.69 Å². The van der Waals surface area contributed by atoms with E-state index >= 15 is 0 Å². The molecule has 0 aliphatic carbocycles. The number of nitrogens with two attached hydrogens (primary N) is 1. The van der Waals surface area contributed by atoms with Crippen LogP contribution in [0.15, 0.2) is 18.3 Å². The van der Waals surface area contributed by atoms with Crippen molar-refractivity contribution in [3.8, 4) is 0 Å². The summed E-state index contributed by atoms with van der Waals surface area (Å²) in [6.07, 6.45) is 2.28. The minimum atomic E-state index is -3.71. The molecule has 0 fully saturated rings. The molecule has 0 aliphatic heterocycles. The molecule has 1 heterocycles. The zero-order valence-corrected chi connectivity index (χ0v) is 10.8. The van der Waals surface area contributed by atoms with E-state index in [2.05, 4.69) is 9.71 Å². The zero-order chi connectivity index (χ0) is 13.1. The number of nitrogens with one attached hydrogen (secondary N) is 1. The van der Waals surface area contributed by atoms with Crippen LogP contribution in [0.1, 0.15) is 0 Å². The van der Waals surface area contributed by atoms with Gasteiger partial charge in [0.1, 0.15) is 15.7 Å². The average molecular weight is 279 g/mol. The van der Waals surface area contributed by atoms with Crippen molar-refractivity contribution < 1.29 is 16.8 Å². The van der Waals surface area contributed by atoms with Crippen LogP contribution >= 0.6 is 0 Å². The third-order valence-electron chi connectivity index (χ3n) is 1.77. The molecule has 0 aliphatic rings. The van der Waals surface area contributed by atoms with Crippen LogP contribution < -0.4 is 10.5 Å². The third kappa shape index (κ3) is 5.50. The summed E-state index contributed by atoms with van der Waals surface area (Å²) in [5.74, 6) is -0.831. The molecule has 0 bridgehead atoms. The van der Waals surface area contributed by atoms with Gasteiger partial charge in [0.15, 0.2) is 0 Å². The Balaban J connectivity index is 2.70. The second kappa shape index (κ2) is 4.88. The Labute approximate surface area is 100 Å². The summed E-state index contributed by atoms with van der Waals surface area (Å²) >= 11 is 0. The first kappa shape index (κ1) is 13.7. The lowest BCUT2D eigenvalue weighted by Gasteiger charge is -2.06. The van der Waals surface area contributed by atoms with Crippen molar-refractivity contribution in [1.82, 2.24) is 4.98 Å². The van der Waals surface area contributed by atoms with Gasteiger partial charge in [-0.15, -0.1) is 0 Å². The van der Waals surface area contributed by atoms with E-state index in [1.807, 2.05) is 0 Å². The molecule has 96 valence electrons. The number of hydrogen-bond acceptors (Lipinski definition) is 6. The van der Waals surface area contributed by atoms with Crippen molar-refractivity contribution in [2.45, 2.75) is 0 Å². The summed E-state index contributed by atoms with van der Waals surface area (Å²) in [5, 5.41) is 0. The predicted octanol–water partition coefficient (Wildman–Crippen LogP) is -0.550. The summed E-state index contributed by atoms with van der Waals surface area (Å²) in [6, 6.07) is 2.88. The minimum absolute atomic E-state index is 0.104. The van der Waals surface area contributed by atoms with Gasteiger partial charge in [0.2, 0.25) is 10.0 Å². The fourth-order valence-corrected chi connectivity index (χ4v) is 3.57. The lowest BCUT2D eigenvalue weighted by Crippen LogP contribution is -2.22. The molecule has 0 saturated carbocycles. The van der Waals surface area contributed by atoms with Crippen molar-refractivity contribution in [3.63, 3.8) is 0 Å². The Kier molecular flexibility index (Phi) is 3.94. The van der Waals surface area contributed by atoms with Gasteiger partial charge in [0, 0.05) is 6.26 Å². The van der Waals surface area contributed by atoms with E-state index in [9.17, 15) is 16.8 Å². The summed E-state index contributed by atoms with van der Waals surface area (Å²) in [6.45, 7) is 0. The molecule has 17 heavy (non-hydrogen) atoms. The number of nitrogen functional groups attached to an aromatic ring is 1. The highest BCUT2D eigenvalue weighted by molar-refractivity contribution is 7.95. The van der Waals surface area contributed by atoms with Gasteiger partial charge >= 0.3 is 0 Å². The lowest BCUT2D eigenvalue weighted by atomic mass is 10.4. The van der Waals surface area contributed by atoms with Crippen LogP contribution in [0, 0.1) is 0 Å². The number of pyridine rings is 1. The Morgan fingerprint density at radius 2 is 1.88 bits per heavy atom. The second-order valence-electron chi connectivity index (χ2n) is 3.53. The summed E-state index contributed by atoms with van der Waals surface area (Å²) in [5.41, 5.74) is 5.79. The molecule has 7 nitrogen and oxygen atoms in total. The van der Waals surface area contributed by atoms with Gasteiger partial charge in [-0.25, -0.2) is 21.8 Å². The standard InChI is InChI=1S/C8H13N3O4S2/c1-16(12,13)4-5-17(14,15)11-8-3-2-7(9)6-10-8/h2-3,6H,4-5,9H2,1H3,(H,10,11). The van der Waals surface area contributed by atoms with E-state index in [-0.39, 0.29) is 5.82 Å². The summed E-state index contributed by atoms with van der Waals surface area (Å²) in [4.78, 5) is 3.74. The van der Waals surface area contributed by atoms with E-state index in [1.165, 1.54) is 18.3 Å². The highest BCUT2D eigenvalue weighted by atomic mass is 32.2. The number of nitrogens with zero attached hydrogens (tertiary/aromatic N) is 1. The first-order chi connectivity index (χ1) is 7.68. The number of anilines is 2. The molecule has 0 unspecified atom stereocenters. The topological polar surface area (TPSA) is 119 Å². The molecule has 3 N–H and O–H groups in total. The highest BCUT2D eigenvalue weighted by Gasteiger charge is 2.14. The van der Waals surface area contributed by atoms with Crippen LogP contribution in [-0.4, -0.2) is 39.6 Å². The molecular weight excluding hydrogens is 266 g/mol. The number of aromatic nitrogens is 1. The monoisotopic (exact) mass is 279 g/mol. The van der Waals surface area contributed by atoms with E-state index < -0.39 is 31.4 Å². The Bertz CT molecular complexity index is 578. The SMILES string of the molecule is CS(=O)(=O)CCS(=O)(=O)Nc1ccc(N)cn1. The largest absolute Gasteiger partial charge is 0.397 e. The molecule has 0 spiro atoms. The van der Waals surface area contributed by atoms with Gasteiger partial charge in [-0.3, -0.25) is 4.72 Å². The predicted molar refractivity (Wildman–Crippen MR) is 65.8 cm³/mol. The van der Waals surface area contributed by atoms with Gasteiger partial charge < -0.3 is 5.73 Å². The Morgan fingerprint density at radius 3 is 2.35 bits per heavy atom. The molecule has 0 atom stereocenters. The van der Waals surface area contributed by atoms with E-state index in [1.54, 1.807) is 0 Å². The molecule has 1 aromatic heterocycles. The maximum Gasteiger partial charge on any atom is 0.234 e. The lowest BCUT2D eigenvalue weighted by molar-refractivity contribution is 0.593. The van der Waals surface area contributed by atoms with Crippen LogP contribution in [0.2, 0.25) is 0 Å². The van der Waals surface area contributed by atoms with Gasteiger partial charge in [0.25, 0.3) is 0 Å². The second-order valence-corrected chi connectivity index (χ2v) is 7.63. The first-order valence-corrected chi connectivity index (χ1v) is 8.29. The molecule has 1 rings (SSSR count). The minimum Gasteiger partial charge on any atom is -0.397 e. The Morgan fingerprint density at radius 1 is 1.24 bits per heavy atom. The van der Waals surface area contributed by atoms with Gasteiger partial charge in [0.05, 0.1) is 23.4 Å². The van der Waals surface area contributed by atoms with Crippen molar-refractivity contribution >= 4 is 31.4 Å². The zero-order valence-electron chi connectivity index (χ0n) is 9.12. The fourth-order valence-electron chi connectivity index (χ4n) is 0.937. The van der Waals surface area contributed by atoms with Crippen molar-refractivity contribution in [3.05, 3.63) is 18.3 Å². The fraction of sp³-hybridized carbons (Fsp3) is 0.375. The number of sulfone groups is 1. The maximum absolute atomic E-state index is 11.5. The molecule has 0 amide bonds. The van der Waals surface area contributed by atoms with Crippen LogP contribution in [-0.2, 0) is 19.9 Å². The van der Waals surface area contributed by atoms with Gasteiger partial charge in [-0.05, 0) is 12.1 Å². The van der Waals surface area contributed by atoms with Gasteiger partial charge in [-0.2, -0.15) is 0 Å². The number of hydrogen-bond donors (Lipinski definition) is 2. The van der Waals surface area contributed by atoms with Gasteiger partial charge in [-0.1, -0.05) is 0 Å². The smallest absolute Gasteiger partial charge is 0.234 e.